The van der Waals surface area contributed by atoms with Crippen LogP contribution in [0.25, 0.3) is 27.8 Å². The fraction of sp³-hybridized carbons (Fsp3) is 0.143. The molecule has 0 bridgehead atoms. The highest BCUT2D eigenvalue weighted by Gasteiger charge is 2.20. The van der Waals surface area contributed by atoms with Crippen LogP contribution in [0, 0.1) is 6.92 Å². The molecule has 4 rings (SSSR count). The van der Waals surface area contributed by atoms with Crippen LogP contribution in [0.3, 0.4) is 0 Å². The van der Waals surface area contributed by atoms with Gasteiger partial charge in [-0.2, -0.15) is 0 Å². The first-order chi connectivity index (χ1) is 14.0. The number of para-hydroxylation sites is 1. The zero-order chi connectivity index (χ0) is 22.1. The summed E-state index contributed by atoms with van der Waals surface area (Å²) in [4.78, 5) is 6.97. The van der Waals surface area contributed by atoms with Gasteiger partial charge in [0, 0.05) is 49.7 Å². The lowest BCUT2D eigenvalue weighted by atomic mass is 10.1. The smallest absolute Gasteiger partial charge is 0.239 e. The number of benzene rings is 3. The standard InChI is InChI=1S/C21H20N4.H2O4S/c1-14-11-19-21(13-17(14)22)25(15-7-5-4-6-8-15)20-12-16(24(2)3)9-10-18(20)23-19;1-5(2,3)4/h4-13,22H,1-3H3;(H2,1,2,3,4). The topological polar surface area (TPSA) is 123 Å². The van der Waals surface area contributed by atoms with Gasteiger partial charge in [-0.05, 0) is 30.7 Å². The Labute approximate surface area is 174 Å². The van der Waals surface area contributed by atoms with Crippen molar-refractivity contribution in [1.82, 2.24) is 4.98 Å². The van der Waals surface area contributed by atoms with E-state index in [9.17, 15) is 0 Å². The summed E-state index contributed by atoms with van der Waals surface area (Å²) in [7, 11) is -0.826. The normalized spacial score (nSPS) is 11.2. The molecule has 156 valence electrons. The van der Waals surface area contributed by atoms with Gasteiger partial charge in [-0.3, -0.25) is 4.55 Å². The van der Waals surface area contributed by atoms with Crippen molar-refractivity contribution in [1.29, 1.82) is 0 Å². The molecule has 0 saturated carbocycles. The van der Waals surface area contributed by atoms with E-state index in [1.54, 1.807) is 0 Å². The third-order valence-electron chi connectivity index (χ3n) is 4.58. The first-order valence-electron chi connectivity index (χ1n) is 9.01. The average molecular weight is 426 g/mol. The number of nitrogens with zero attached hydrogens (tertiary/aromatic N) is 3. The van der Waals surface area contributed by atoms with Gasteiger partial charge in [0.1, 0.15) is 11.0 Å². The highest BCUT2D eigenvalue weighted by molar-refractivity contribution is 7.79. The van der Waals surface area contributed by atoms with Crippen molar-refractivity contribution in [3.8, 4) is 5.69 Å². The third-order valence-corrected chi connectivity index (χ3v) is 4.58. The molecule has 0 atom stereocenters. The maximum absolute atomic E-state index is 8.63. The van der Waals surface area contributed by atoms with E-state index >= 15 is 0 Å². The minimum absolute atomic E-state index is 0.780. The molecular formula is C21H22N4O4S. The summed E-state index contributed by atoms with van der Waals surface area (Å²) in [5, 5.41) is 0. The summed E-state index contributed by atoms with van der Waals surface area (Å²) in [6.45, 7) is 2.02. The summed E-state index contributed by atoms with van der Waals surface area (Å²) < 4.78 is 35.1. The second-order valence-electron chi connectivity index (χ2n) is 6.98. The van der Waals surface area contributed by atoms with Crippen molar-refractivity contribution in [3.05, 3.63) is 66.2 Å². The Morgan fingerprint density at radius 1 is 1.00 bits per heavy atom. The molecule has 3 N–H and O–H groups in total. The number of nitrogen functional groups attached to an aromatic ring is 1. The maximum atomic E-state index is 8.63. The number of anilines is 2. The molecule has 0 aliphatic heterocycles. The minimum atomic E-state index is -4.92. The van der Waals surface area contributed by atoms with Crippen LogP contribution in [-0.4, -0.2) is 36.6 Å². The number of fused-ring (bicyclic) bond motifs is 2. The monoisotopic (exact) mass is 426 g/mol. The number of hydrogen-bond donors (Lipinski definition) is 2. The Morgan fingerprint density at radius 2 is 1.60 bits per heavy atom. The Morgan fingerprint density at radius 3 is 2.20 bits per heavy atom. The number of hydrogen-bond acceptors (Lipinski definition) is 6. The lowest BCUT2D eigenvalue weighted by Gasteiger charge is -2.13. The van der Waals surface area contributed by atoms with Gasteiger partial charge in [0.25, 0.3) is 0 Å². The molecule has 0 radical (unpaired) electrons. The van der Waals surface area contributed by atoms with Crippen LogP contribution in [0.4, 0.5) is 11.4 Å². The van der Waals surface area contributed by atoms with Crippen molar-refractivity contribution in [2.24, 2.45) is 0 Å². The summed E-state index contributed by atoms with van der Waals surface area (Å²) in [6, 6.07) is 20.8. The molecule has 0 aliphatic rings. The molecule has 0 unspecified atom stereocenters. The van der Waals surface area contributed by atoms with E-state index in [-0.39, 0.29) is 0 Å². The molecule has 8 nitrogen and oxygen atoms in total. The number of aryl methyl sites for hydroxylation is 1. The Balaban J connectivity index is 0.000000461. The largest absolute Gasteiger partial charge is 0.726 e. The van der Waals surface area contributed by atoms with E-state index < -0.39 is 10.4 Å². The van der Waals surface area contributed by atoms with Crippen molar-refractivity contribution in [2.45, 2.75) is 6.92 Å². The molecule has 30 heavy (non-hydrogen) atoms. The summed E-state index contributed by atoms with van der Waals surface area (Å²) >= 11 is 0. The molecule has 9 heteroatoms. The quantitative estimate of drug-likeness (QED) is 0.166. The molecule has 0 saturated heterocycles. The van der Waals surface area contributed by atoms with Gasteiger partial charge < -0.3 is 15.2 Å². The van der Waals surface area contributed by atoms with Crippen LogP contribution in [0.1, 0.15) is 5.56 Å². The molecule has 0 aliphatic carbocycles. The first-order valence-corrected chi connectivity index (χ1v) is 10.4. The Bertz CT molecular complexity index is 1320. The van der Waals surface area contributed by atoms with Gasteiger partial charge in [0.15, 0.2) is 0 Å². The fourth-order valence-corrected chi connectivity index (χ4v) is 3.14. The number of nitrogens with two attached hydrogens (primary N) is 1. The zero-order valence-electron chi connectivity index (χ0n) is 16.8. The summed E-state index contributed by atoms with van der Waals surface area (Å²) in [5.41, 5.74) is 14.2. The van der Waals surface area contributed by atoms with Gasteiger partial charge in [-0.15, -0.1) is 4.57 Å². The van der Waals surface area contributed by atoms with Crippen LogP contribution >= 0.6 is 0 Å². The van der Waals surface area contributed by atoms with E-state index in [0.29, 0.717) is 0 Å². The van der Waals surface area contributed by atoms with Crippen molar-refractivity contribution < 1.29 is 22.1 Å². The van der Waals surface area contributed by atoms with E-state index in [1.165, 1.54) is 0 Å². The van der Waals surface area contributed by atoms with E-state index in [4.69, 9.17) is 28.2 Å². The zero-order valence-corrected chi connectivity index (χ0v) is 17.6. The second-order valence-corrected chi connectivity index (χ2v) is 7.83. The van der Waals surface area contributed by atoms with E-state index in [1.807, 2.05) is 45.3 Å². The van der Waals surface area contributed by atoms with Gasteiger partial charge in [-0.1, -0.05) is 18.2 Å². The summed E-state index contributed by atoms with van der Waals surface area (Å²) in [6.07, 6.45) is 0. The van der Waals surface area contributed by atoms with Gasteiger partial charge >= 0.3 is 0 Å². The minimum Gasteiger partial charge on any atom is -0.726 e. The molecule has 0 spiro atoms. The predicted octanol–water partition coefficient (Wildman–Crippen LogP) is 2.63. The molecule has 1 heterocycles. The number of rotatable bonds is 2. The first kappa shape index (κ1) is 21.4. The van der Waals surface area contributed by atoms with Crippen LogP contribution in [0.2, 0.25) is 0 Å². The molecule has 0 fully saturated rings. The van der Waals surface area contributed by atoms with Crippen molar-refractivity contribution >= 4 is 43.8 Å². The molecular weight excluding hydrogens is 404 g/mol. The van der Waals surface area contributed by atoms with Gasteiger partial charge in [-0.25, -0.2) is 13.4 Å². The van der Waals surface area contributed by atoms with Crippen LogP contribution in [-0.2, 0) is 10.4 Å². The fourth-order valence-electron chi connectivity index (χ4n) is 3.14. The van der Waals surface area contributed by atoms with E-state index in [2.05, 4.69) is 45.9 Å². The maximum Gasteiger partial charge on any atom is 0.239 e. The highest BCUT2D eigenvalue weighted by Crippen LogP contribution is 2.24. The van der Waals surface area contributed by atoms with E-state index in [0.717, 1.165) is 44.7 Å². The molecule has 0 amide bonds. The van der Waals surface area contributed by atoms with Gasteiger partial charge in [0.2, 0.25) is 27.1 Å². The molecule has 4 aromatic rings. The highest BCUT2D eigenvalue weighted by atomic mass is 32.3. The lowest BCUT2D eigenvalue weighted by molar-refractivity contribution is -0.538. The lowest BCUT2D eigenvalue weighted by Crippen LogP contribution is -2.33. The Hall–Kier alpha value is -3.27. The molecule has 1 aromatic heterocycles. The predicted molar refractivity (Wildman–Crippen MR) is 117 cm³/mol. The van der Waals surface area contributed by atoms with Crippen molar-refractivity contribution in [2.75, 3.05) is 24.7 Å². The van der Waals surface area contributed by atoms with Crippen molar-refractivity contribution in [3.63, 3.8) is 0 Å². The third kappa shape index (κ3) is 4.82. The Kier molecular flexibility index (Phi) is 5.88. The summed E-state index contributed by atoms with van der Waals surface area (Å²) in [5.74, 6) is 0. The molecule has 3 aromatic carbocycles. The van der Waals surface area contributed by atoms with Crippen LogP contribution in [0.15, 0.2) is 60.7 Å². The average Bonchev–Trinajstić information content (AvgIpc) is 2.66. The van der Waals surface area contributed by atoms with Gasteiger partial charge in [0.05, 0.1) is 0 Å². The van der Waals surface area contributed by atoms with Crippen LogP contribution < -0.4 is 15.2 Å². The van der Waals surface area contributed by atoms with Crippen LogP contribution in [0.5, 0.6) is 0 Å². The SMILES string of the molecule is Cc1cc2nc3ccc(N(C)C)cc3[n+](-c3ccccc3)c2cc1N.O=S(=O)([O-])O. The second kappa shape index (κ2) is 8.23. The number of aromatic nitrogens is 2.